The second-order valence-electron chi connectivity index (χ2n) is 7.59. The molecule has 1 aliphatic carbocycles. The molecular weight excluding hydrogens is 373 g/mol. The van der Waals surface area contributed by atoms with E-state index in [9.17, 15) is 18.0 Å². The van der Waals surface area contributed by atoms with Crippen molar-refractivity contribution in [1.82, 2.24) is 25.1 Å². The van der Waals surface area contributed by atoms with E-state index in [4.69, 9.17) is 0 Å². The summed E-state index contributed by atoms with van der Waals surface area (Å²) in [6.07, 6.45) is 2.26. The molecule has 0 atom stereocenters. The van der Waals surface area contributed by atoms with E-state index in [0.29, 0.717) is 18.9 Å². The van der Waals surface area contributed by atoms with Crippen LogP contribution in [0, 0.1) is 5.92 Å². The average molecular weight is 396 g/mol. The minimum absolute atomic E-state index is 0.0608. The summed E-state index contributed by atoms with van der Waals surface area (Å²) >= 11 is 0. The zero-order chi connectivity index (χ0) is 19.7. The van der Waals surface area contributed by atoms with Gasteiger partial charge in [0.15, 0.2) is 5.65 Å². The number of nitrogens with zero attached hydrogens (tertiary/aromatic N) is 5. The van der Waals surface area contributed by atoms with Crippen LogP contribution >= 0.6 is 0 Å². The van der Waals surface area contributed by atoms with Gasteiger partial charge in [0.1, 0.15) is 5.82 Å². The molecule has 2 aliphatic rings. The Morgan fingerprint density at radius 1 is 1.04 bits per heavy atom. The minimum atomic E-state index is -4.61. The first-order valence-corrected chi connectivity index (χ1v) is 9.77. The van der Waals surface area contributed by atoms with E-state index in [1.165, 1.54) is 12.5 Å². The van der Waals surface area contributed by atoms with Crippen molar-refractivity contribution < 1.29 is 18.0 Å². The lowest BCUT2D eigenvalue weighted by atomic mass is 9.88. The maximum atomic E-state index is 13.0. The summed E-state index contributed by atoms with van der Waals surface area (Å²) in [5, 5.41) is 14.0. The second-order valence-corrected chi connectivity index (χ2v) is 7.59. The summed E-state index contributed by atoms with van der Waals surface area (Å²) in [6.45, 7) is 1.25. The number of rotatable bonds is 3. The lowest BCUT2D eigenvalue weighted by molar-refractivity contribution is -0.146. The Balaban J connectivity index is 1.39. The van der Waals surface area contributed by atoms with Gasteiger partial charge in [-0.1, -0.05) is 19.3 Å². The molecule has 1 amide bonds. The quantitative estimate of drug-likeness (QED) is 0.864. The molecule has 1 saturated heterocycles. The highest BCUT2D eigenvalue weighted by molar-refractivity contribution is 5.79. The maximum absolute atomic E-state index is 13.0. The zero-order valence-corrected chi connectivity index (χ0v) is 15.5. The third-order valence-corrected chi connectivity index (χ3v) is 5.64. The third-order valence-electron chi connectivity index (χ3n) is 5.64. The molecule has 0 aromatic carbocycles. The molecule has 2 aromatic heterocycles. The molecule has 1 saturated carbocycles. The lowest BCUT2D eigenvalue weighted by Crippen LogP contribution is -2.46. The van der Waals surface area contributed by atoms with Gasteiger partial charge < -0.3 is 10.2 Å². The summed E-state index contributed by atoms with van der Waals surface area (Å²) in [5.41, 5.74) is 0.0608. The molecule has 0 unspecified atom stereocenters. The van der Waals surface area contributed by atoms with Crippen LogP contribution in [0.4, 0.5) is 19.0 Å². The summed E-state index contributed by atoms with van der Waals surface area (Å²) in [7, 11) is 0. The molecule has 7 nitrogen and oxygen atoms in total. The van der Waals surface area contributed by atoms with Gasteiger partial charge in [-0.05, 0) is 37.8 Å². The number of aromatic nitrogens is 4. The molecular formula is C18H23F3N6O. The summed E-state index contributed by atoms with van der Waals surface area (Å²) in [5.74, 6) is -0.392. The Hall–Kier alpha value is -2.39. The van der Waals surface area contributed by atoms with E-state index in [1.54, 1.807) is 6.07 Å². The highest BCUT2D eigenvalue weighted by Gasteiger charge is 2.38. The highest BCUT2D eigenvalue weighted by atomic mass is 19.4. The van der Waals surface area contributed by atoms with E-state index in [2.05, 4.69) is 20.6 Å². The smallest absolute Gasteiger partial charge is 0.355 e. The van der Waals surface area contributed by atoms with E-state index in [0.717, 1.165) is 43.0 Å². The van der Waals surface area contributed by atoms with Gasteiger partial charge in [-0.3, -0.25) is 4.79 Å². The van der Waals surface area contributed by atoms with E-state index >= 15 is 0 Å². The fourth-order valence-electron chi connectivity index (χ4n) is 4.06. The number of carbonyl (C=O) groups is 1. The zero-order valence-electron chi connectivity index (χ0n) is 15.5. The molecule has 0 radical (unpaired) electrons. The van der Waals surface area contributed by atoms with Crippen molar-refractivity contribution in [3.05, 3.63) is 18.0 Å². The van der Waals surface area contributed by atoms with Gasteiger partial charge in [-0.15, -0.1) is 15.3 Å². The molecule has 3 heterocycles. The Labute approximate surface area is 160 Å². The number of amides is 1. The second kappa shape index (κ2) is 7.56. The number of hydrogen-bond acceptors (Lipinski definition) is 5. The lowest BCUT2D eigenvalue weighted by Gasteiger charge is -2.34. The first-order chi connectivity index (χ1) is 13.4. The van der Waals surface area contributed by atoms with Gasteiger partial charge in [0.2, 0.25) is 5.91 Å². The highest BCUT2D eigenvalue weighted by Crippen LogP contribution is 2.28. The topological polar surface area (TPSA) is 75.4 Å². The predicted molar refractivity (Wildman–Crippen MR) is 95.7 cm³/mol. The van der Waals surface area contributed by atoms with Crippen molar-refractivity contribution in [2.45, 2.75) is 57.2 Å². The number of fused-ring (bicyclic) bond motifs is 1. The van der Waals surface area contributed by atoms with Crippen LogP contribution in [0.1, 0.15) is 50.8 Å². The molecule has 1 aliphatic heterocycles. The number of nitrogens with one attached hydrogen (secondary N) is 1. The third kappa shape index (κ3) is 3.90. The normalized spacial score (nSPS) is 19.9. The number of piperidine rings is 1. The first-order valence-electron chi connectivity index (χ1n) is 9.77. The minimum Gasteiger partial charge on any atom is -0.355 e. The van der Waals surface area contributed by atoms with E-state index in [1.807, 2.05) is 4.90 Å². The van der Waals surface area contributed by atoms with Crippen molar-refractivity contribution in [2.24, 2.45) is 5.92 Å². The van der Waals surface area contributed by atoms with Crippen LogP contribution in [0.5, 0.6) is 0 Å². The van der Waals surface area contributed by atoms with Crippen molar-refractivity contribution >= 4 is 17.4 Å². The molecule has 2 fully saturated rings. The van der Waals surface area contributed by atoms with Gasteiger partial charge in [0.25, 0.3) is 5.82 Å². The largest absolute Gasteiger partial charge is 0.453 e. The van der Waals surface area contributed by atoms with Crippen molar-refractivity contribution in [1.29, 1.82) is 0 Å². The maximum Gasteiger partial charge on any atom is 0.453 e. The van der Waals surface area contributed by atoms with Gasteiger partial charge in [-0.25, -0.2) is 0 Å². The van der Waals surface area contributed by atoms with Crippen LogP contribution in [0.2, 0.25) is 0 Å². The number of halogens is 3. The summed E-state index contributed by atoms with van der Waals surface area (Å²) in [6, 6.07) is 3.25. The molecule has 28 heavy (non-hydrogen) atoms. The molecule has 4 rings (SSSR count). The number of anilines is 1. The Morgan fingerprint density at radius 3 is 2.43 bits per heavy atom. The molecule has 2 aromatic rings. The van der Waals surface area contributed by atoms with Crippen LogP contribution in [0.25, 0.3) is 5.65 Å². The fourth-order valence-corrected chi connectivity index (χ4v) is 4.06. The average Bonchev–Trinajstić information content (AvgIpc) is 3.13. The number of carbonyl (C=O) groups excluding carboxylic acids is 1. The fraction of sp³-hybridized carbons (Fsp3) is 0.667. The van der Waals surface area contributed by atoms with Crippen LogP contribution in [0.3, 0.4) is 0 Å². The predicted octanol–water partition coefficient (Wildman–Crippen LogP) is 2.81. The Morgan fingerprint density at radius 2 is 1.75 bits per heavy atom. The standard InChI is InChI=1S/C18H23F3N6O/c19-18(20,21)17-24-23-14-6-7-15(25-27(14)17)26-10-8-13(9-11-26)22-16(28)12-4-2-1-3-5-12/h6-7,12-13H,1-5,8-11H2,(H,22,28). The van der Waals surface area contributed by atoms with Crippen molar-refractivity contribution in [3.63, 3.8) is 0 Å². The van der Waals surface area contributed by atoms with Crippen molar-refractivity contribution in [2.75, 3.05) is 18.0 Å². The molecule has 1 N–H and O–H groups in total. The summed E-state index contributed by atoms with van der Waals surface area (Å²) < 4.78 is 39.8. The van der Waals surface area contributed by atoms with Gasteiger partial charge in [-0.2, -0.15) is 17.7 Å². The molecule has 0 bridgehead atoms. The first kappa shape index (κ1) is 18.9. The van der Waals surface area contributed by atoms with E-state index < -0.39 is 12.0 Å². The SMILES string of the molecule is O=C(NC1CCN(c2ccc3nnc(C(F)(F)F)n3n2)CC1)C1CCCCC1. The van der Waals surface area contributed by atoms with Crippen LogP contribution in [0.15, 0.2) is 12.1 Å². The van der Waals surface area contributed by atoms with Crippen LogP contribution in [-0.4, -0.2) is 44.8 Å². The van der Waals surface area contributed by atoms with Gasteiger partial charge in [0.05, 0.1) is 0 Å². The monoisotopic (exact) mass is 396 g/mol. The molecule has 152 valence electrons. The Kier molecular flexibility index (Phi) is 5.11. The van der Waals surface area contributed by atoms with Crippen LogP contribution in [-0.2, 0) is 11.0 Å². The Bertz CT molecular complexity index is 837. The van der Waals surface area contributed by atoms with E-state index in [-0.39, 0.29) is 23.5 Å². The molecule has 10 heteroatoms. The summed E-state index contributed by atoms with van der Waals surface area (Å²) in [4.78, 5) is 14.3. The van der Waals surface area contributed by atoms with Gasteiger partial charge in [0, 0.05) is 25.0 Å². The van der Waals surface area contributed by atoms with Crippen LogP contribution < -0.4 is 10.2 Å². The number of hydrogen-bond donors (Lipinski definition) is 1. The van der Waals surface area contributed by atoms with Gasteiger partial charge >= 0.3 is 6.18 Å². The number of alkyl halides is 3. The van der Waals surface area contributed by atoms with Crippen molar-refractivity contribution in [3.8, 4) is 0 Å². The molecule has 0 spiro atoms.